The molecule has 1 saturated heterocycles. The van der Waals surface area contributed by atoms with E-state index in [9.17, 15) is 29.1 Å². The highest BCUT2D eigenvalue weighted by Crippen LogP contribution is 2.27. The molecule has 58 heavy (non-hydrogen) atoms. The number of carbonyl (C=O) groups is 4. The number of pyridine rings is 1. The Labute approximate surface area is 335 Å². The predicted octanol–water partition coefficient (Wildman–Crippen LogP) is 5.38. The van der Waals surface area contributed by atoms with E-state index in [4.69, 9.17) is 15.2 Å². The molecule has 5 N–H and O–H groups in total. The summed E-state index contributed by atoms with van der Waals surface area (Å²) in [7, 11) is 0. The fourth-order valence-electron chi connectivity index (χ4n) is 6.49. The van der Waals surface area contributed by atoms with Gasteiger partial charge in [-0.2, -0.15) is 0 Å². The van der Waals surface area contributed by atoms with E-state index < -0.39 is 53.1 Å². The van der Waals surface area contributed by atoms with Crippen molar-refractivity contribution in [3.05, 3.63) is 106 Å². The maximum atomic E-state index is 15.3. The molecule has 0 radical (unpaired) electrons. The van der Waals surface area contributed by atoms with Crippen LogP contribution in [0.1, 0.15) is 55.6 Å². The van der Waals surface area contributed by atoms with Gasteiger partial charge in [0.25, 0.3) is 0 Å². The van der Waals surface area contributed by atoms with Crippen LogP contribution in [0.2, 0.25) is 0 Å². The van der Waals surface area contributed by atoms with Gasteiger partial charge in [-0.3, -0.25) is 14.6 Å². The lowest BCUT2D eigenvalue weighted by Gasteiger charge is -2.35. The molecule has 0 bridgehead atoms. The molecule has 3 amide bonds. The van der Waals surface area contributed by atoms with Crippen LogP contribution in [-0.2, 0) is 34.0 Å². The number of aryl methyl sites for hydroxylation is 1. The molecule has 15 nitrogen and oxygen atoms in total. The van der Waals surface area contributed by atoms with Crippen LogP contribution in [0, 0.1) is 11.7 Å². The standard InChI is InChI=1S/C42H50FN7O8/c1-5-48-23-32(40(53)54)38(51)31-20-33(43)37(21-36(31)48)49-15-17-50(18-16-49)42(56)58-25-29-11-13-30(14-12-29)46-39(52)27(4)45-22-34(44)35(19-26(2)3)47-41(55)57-24-28-9-7-6-8-10-28/h6-14,20-23,26-27,34-35H,5,15-19,24-25,44H2,1-4H3,(H,46,52)(H,47,55)(H,53,54). The van der Waals surface area contributed by atoms with E-state index in [1.165, 1.54) is 17.3 Å². The highest BCUT2D eigenvalue weighted by molar-refractivity contribution is 5.95. The highest BCUT2D eigenvalue weighted by atomic mass is 19.1. The number of nitrogens with one attached hydrogen (secondary N) is 2. The number of aliphatic imine (C=N–C) groups is 1. The monoisotopic (exact) mass is 799 g/mol. The minimum absolute atomic E-state index is 0.0105. The Hall–Kier alpha value is -6.29. The number of fused-ring (bicyclic) bond motifs is 1. The third-order valence-electron chi connectivity index (χ3n) is 9.75. The van der Waals surface area contributed by atoms with Gasteiger partial charge in [0.05, 0.1) is 23.3 Å². The van der Waals surface area contributed by atoms with Crippen molar-refractivity contribution < 1.29 is 38.1 Å². The van der Waals surface area contributed by atoms with E-state index >= 15 is 4.39 Å². The molecule has 4 aromatic rings. The topological polar surface area (TPSA) is 198 Å². The molecule has 0 saturated carbocycles. The van der Waals surface area contributed by atoms with Crippen LogP contribution in [0.3, 0.4) is 0 Å². The second-order valence-electron chi connectivity index (χ2n) is 14.5. The summed E-state index contributed by atoms with van der Waals surface area (Å²) in [6.07, 6.45) is 2.19. The Balaban J connectivity index is 1.08. The molecule has 5 rings (SSSR count). The second kappa shape index (κ2) is 19.7. The number of carboxylic acids is 1. The van der Waals surface area contributed by atoms with Gasteiger partial charge in [-0.1, -0.05) is 56.3 Å². The number of benzene rings is 3. The number of carbonyl (C=O) groups excluding carboxylic acids is 3. The van der Waals surface area contributed by atoms with Gasteiger partial charge in [-0.05, 0) is 61.6 Å². The van der Waals surface area contributed by atoms with Crippen LogP contribution < -0.4 is 26.7 Å². The zero-order valence-electron chi connectivity index (χ0n) is 33.0. The number of alkyl carbamates (subject to hydrolysis) is 1. The van der Waals surface area contributed by atoms with E-state index in [2.05, 4.69) is 15.6 Å². The number of anilines is 2. The smallest absolute Gasteiger partial charge is 0.410 e. The molecule has 2 heterocycles. The number of ether oxygens (including phenoxy) is 2. The summed E-state index contributed by atoms with van der Waals surface area (Å²) in [6, 6.07) is 16.9. The number of rotatable bonds is 15. The predicted molar refractivity (Wildman–Crippen MR) is 219 cm³/mol. The zero-order chi connectivity index (χ0) is 41.9. The van der Waals surface area contributed by atoms with Gasteiger partial charge >= 0.3 is 18.2 Å². The van der Waals surface area contributed by atoms with Crippen LogP contribution in [0.15, 0.2) is 82.7 Å². The first-order valence-corrected chi connectivity index (χ1v) is 19.2. The van der Waals surface area contributed by atoms with Gasteiger partial charge < -0.3 is 45.3 Å². The molecular formula is C42H50FN7O8. The maximum Gasteiger partial charge on any atom is 0.410 e. The fraction of sp³-hybridized carbons (Fsp3) is 0.381. The number of carboxylic acid groups (broad SMARTS) is 1. The largest absolute Gasteiger partial charge is 0.477 e. The molecule has 3 aromatic carbocycles. The summed E-state index contributed by atoms with van der Waals surface area (Å²) >= 11 is 0. The van der Waals surface area contributed by atoms with Crippen molar-refractivity contribution in [3.63, 3.8) is 0 Å². The van der Waals surface area contributed by atoms with Gasteiger partial charge in [0.1, 0.15) is 30.6 Å². The summed E-state index contributed by atoms with van der Waals surface area (Å²) in [4.78, 5) is 70.3. The number of amides is 3. The van der Waals surface area contributed by atoms with Crippen molar-refractivity contribution in [3.8, 4) is 0 Å². The Bertz CT molecular complexity index is 2170. The first-order valence-electron chi connectivity index (χ1n) is 19.2. The lowest BCUT2D eigenvalue weighted by molar-refractivity contribution is -0.117. The van der Waals surface area contributed by atoms with E-state index in [0.717, 1.165) is 11.6 Å². The molecular weight excluding hydrogens is 750 g/mol. The summed E-state index contributed by atoms with van der Waals surface area (Å²) in [5, 5.41) is 15.0. The van der Waals surface area contributed by atoms with E-state index in [0.29, 0.717) is 42.8 Å². The number of hydrogen-bond donors (Lipinski definition) is 4. The normalized spacial score (nSPS) is 14.6. The van der Waals surface area contributed by atoms with Gasteiger partial charge in [-0.15, -0.1) is 0 Å². The van der Waals surface area contributed by atoms with E-state index in [1.54, 1.807) is 53.6 Å². The third kappa shape index (κ3) is 11.2. The average Bonchev–Trinajstić information content (AvgIpc) is 3.21. The van der Waals surface area contributed by atoms with Gasteiger partial charge in [0.15, 0.2) is 0 Å². The molecule has 3 atom stereocenters. The minimum atomic E-state index is -1.37. The number of piperazine rings is 1. The first kappa shape index (κ1) is 42.8. The van der Waals surface area contributed by atoms with Gasteiger partial charge in [0.2, 0.25) is 11.3 Å². The van der Waals surface area contributed by atoms with Crippen molar-refractivity contribution in [1.29, 1.82) is 0 Å². The molecule has 0 aliphatic carbocycles. The van der Waals surface area contributed by atoms with Crippen LogP contribution in [0.25, 0.3) is 10.9 Å². The lowest BCUT2D eigenvalue weighted by atomic mass is 9.98. The molecule has 16 heteroatoms. The van der Waals surface area contributed by atoms with Crippen molar-refractivity contribution >= 4 is 52.6 Å². The van der Waals surface area contributed by atoms with Crippen molar-refractivity contribution in [2.45, 2.75) is 72.0 Å². The van der Waals surface area contributed by atoms with Crippen molar-refractivity contribution in [1.82, 2.24) is 14.8 Å². The number of hydrogen-bond acceptors (Lipinski definition) is 10. The van der Waals surface area contributed by atoms with Crippen LogP contribution in [-0.4, -0.2) is 89.2 Å². The number of nitrogens with zero attached hydrogens (tertiary/aromatic N) is 4. The third-order valence-corrected chi connectivity index (χ3v) is 9.75. The number of halogens is 1. The summed E-state index contributed by atoms with van der Waals surface area (Å²) < 4.78 is 27.8. The fourth-order valence-corrected chi connectivity index (χ4v) is 6.49. The lowest BCUT2D eigenvalue weighted by Crippen LogP contribution is -2.49. The van der Waals surface area contributed by atoms with Crippen molar-refractivity contribution in [2.75, 3.05) is 36.4 Å². The van der Waals surface area contributed by atoms with Crippen LogP contribution in [0.4, 0.5) is 25.4 Å². The number of aromatic nitrogens is 1. The Kier molecular flexibility index (Phi) is 14.6. The Morgan fingerprint density at radius 1 is 0.948 bits per heavy atom. The van der Waals surface area contributed by atoms with E-state index in [-0.39, 0.29) is 49.2 Å². The molecule has 3 unspecified atom stereocenters. The SMILES string of the molecule is CCn1cc(C(=O)O)c(=O)c2cc(F)c(N3CCN(C(=O)OCc4ccc(NC(=O)C(C)N=CC(N)C(CC(C)C)NC(=O)OCc5ccccc5)cc4)CC3)cc21. The molecule has 1 fully saturated rings. The highest BCUT2D eigenvalue weighted by Gasteiger charge is 2.26. The first-order chi connectivity index (χ1) is 27.7. The summed E-state index contributed by atoms with van der Waals surface area (Å²) in [5.41, 5.74) is 7.96. The maximum absolute atomic E-state index is 15.3. The van der Waals surface area contributed by atoms with Crippen LogP contribution in [0.5, 0.6) is 0 Å². The minimum Gasteiger partial charge on any atom is -0.477 e. The van der Waals surface area contributed by atoms with Gasteiger partial charge in [0, 0.05) is 56.2 Å². The molecule has 1 aromatic heterocycles. The zero-order valence-corrected chi connectivity index (χ0v) is 33.0. The van der Waals surface area contributed by atoms with Crippen molar-refractivity contribution in [2.24, 2.45) is 16.6 Å². The Morgan fingerprint density at radius 2 is 1.60 bits per heavy atom. The molecule has 1 aliphatic heterocycles. The summed E-state index contributed by atoms with van der Waals surface area (Å²) in [5.74, 6) is -2.18. The van der Waals surface area contributed by atoms with Gasteiger partial charge in [-0.25, -0.2) is 18.8 Å². The van der Waals surface area contributed by atoms with Crippen LogP contribution >= 0.6 is 0 Å². The van der Waals surface area contributed by atoms with E-state index in [1.807, 2.05) is 44.2 Å². The quantitative estimate of drug-likeness (QED) is 0.113. The molecule has 1 aliphatic rings. The second-order valence-corrected chi connectivity index (χ2v) is 14.5. The molecule has 0 spiro atoms. The average molecular weight is 800 g/mol. The number of nitrogens with two attached hydrogens (primary N) is 1. The number of aromatic carboxylic acids is 1. The molecule has 308 valence electrons. The summed E-state index contributed by atoms with van der Waals surface area (Å²) in [6.45, 7) is 9.09. The Morgan fingerprint density at radius 3 is 2.24 bits per heavy atom.